The van der Waals surface area contributed by atoms with Gasteiger partial charge in [0, 0.05) is 35.6 Å². The Labute approximate surface area is 265 Å². The molecule has 3 rings (SSSR count). The molecule has 0 fully saturated rings. The SMILES string of the molecule is CC(C)N(CCC(c1ccccc1)c1cc(CCCCOc2ccc(CCN(C(=O)O)C(C)(C)C)cc2)ccc1O)C(C)C. The molecule has 3 aromatic carbocycles. The second-order valence-corrected chi connectivity index (χ2v) is 13.4. The van der Waals surface area contributed by atoms with E-state index in [4.69, 9.17) is 4.74 Å². The van der Waals surface area contributed by atoms with Crippen molar-refractivity contribution in [1.82, 2.24) is 9.80 Å². The van der Waals surface area contributed by atoms with Crippen molar-refractivity contribution in [3.05, 3.63) is 95.1 Å². The minimum absolute atomic E-state index is 0.128. The average molecular weight is 603 g/mol. The third-order valence-electron chi connectivity index (χ3n) is 8.39. The standard InChI is InChI=1S/C38H54N2O4/c1-28(2)39(29(3)4)24-23-34(32-14-9-8-10-15-32)35-27-31(18-21-36(35)41)13-11-12-26-44-33-19-16-30(17-20-33)22-25-40(37(42)43)38(5,6)7/h8-10,14-21,27-29,34,41H,11-13,22-26H2,1-7H3,(H,42,43). The maximum Gasteiger partial charge on any atom is 0.407 e. The molecule has 6 heteroatoms. The second kappa shape index (κ2) is 16.5. The van der Waals surface area contributed by atoms with Crippen molar-refractivity contribution in [2.75, 3.05) is 19.7 Å². The van der Waals surface area contributed by atoms with Crippen LogP contribution < -0.4 is 4.74 Å². The summed E-state index contributed by atoms with van der Waals surface area (Å²) in [6, 6.07) is 25.6. The molecule has 0 aliphatic heterocycles. The van der Waals surface area contributed by atoms with E-state index in [2.05, 4.69) is 62.9 Å². The summed E-state index contributed by atoms with van der Waals surface area (Å²) >= 11 is 0. The summed E-state index contributed by atoms with van der Waals surface area (Å²) in [5.41, 5.74) is 4.14. The van der Waals surface area contributed by atoms with Crippen LogP contribution in [0.1, 0.15) is 95.9 Å². The van der Waals surface area contributed by atoms with E-state index in [-0.39, 0.29) is 5.92 Å². The van der Waals surface area contributed by atoms with Gasteiger partial charge in [0.1, 0.15) is 11.5 Å². The van der Waals surface area contributed by atoms with Crippen LogP contribution in [0.15, 0.2) is 72.8 Å². The van der Waals surface area contributed by atoms with Crippen LogP contribution in [0.2, 0.25) is 0 Å². The fourth-order valence-electron chi connectivity index (χ4n) is 5.95. The van der Waals surface area contributed by atoms with Crippen molar-refractivity contribution in [3.8, 4) is 11.5 Å². The Bertz CT molecular complexity index is 1270. The number of carboxylic acid groups (broad SMARTS) is 1. The molecule has 0 aliphatic carbocycles. The highest BCUT2D eigenvalue weighted by molar-refractivity contribution is 5.66. The number of unbranched alkanes of at least 4 members (excludes halogenated alkanes) is 1. The van der Waals surface area contributed by atoms with E-state index >= 15 is 0 Å². The van der Waals surface area contributed by atoms with Gasteiger partial charge in [-0.05, 0) is 122 Å². The summed E-state index contributed by atoms with van der Waals surface area (Å²) in [5, 5.41) is 20.5. The van der Waals surface area contributed by atoms with Gasteiger partial charge in [-0.2, -0.15) is 0 Å². The second-order valence-electron chi connectivity index (χ2n) is 13.4. The molecular weight excluding hydrogens is 548 g/mol. The number of nitrogens with zero attached hydrogens (tertiary/aromatic N) is 2. The number of phenolic OH excluding ortho intramolecular Hbond substituents is 1. The number of rotatable bonds is 16. The van der Waals surface area contributed by atoms with Crippen LogP contribution >= 0.6 is 0 Å². The smallest absolute Gasteiger partial charge is 0.407 e. The van der Waals surface area contributed by atoms with Crippen LogP contribution in [-0.4, -0.2) is 63.4 Å². The van der Waals surface area contributed by atoms with Crippen LogP contribution in [0.25, 0.3) is 0 Å². The molecule has 2 N–H and O–H groups in total. The first-order valence-electron chi connectivity index (χ1n) is 16.2. The summed E-state index contributed by atoms with van der Waals surface area (Å²) in [6.45, 7) is 16.8. The zero-order valence-corrected chi connectivity index (χ0v) is 27.9. The first kappa shape index (κ1) is 35.0. The quantitative estimate of drug-likeness (QED) is 0.160. The lowest BCUT2D eigenvalue weighted by molar-refractivity contribution is 0.101. The molecule has 0 aromatic heterocycles. The summed E-state index contributed by atoms with van der Waals surface area (Å²) in [7, 11) is 0. The Kier molecular flexibility index (Phi) is 13.1. The lowest BCUT2D eigenvalue weighted by atomic mass is 9.86. The Hall–Kier alpha value is -3.51. The molecule has 44 heavy (non-hydrogen) atoms. The summed E-state index contributed by atoms with van der Waals surface area (Å²) in [5.74, 6) is 1.32. The maximum atomic E-state index is 11.6. The highest BCUT2D eigenvalue weighted by Gasteiger charge is 2.25. The molecular formula is C38H54N2O4. The van der Waals surface area contributed by atoms with Crippen molar-refractivity contribution in [2.24, 2.45) is 0 Å². The van der Waals surface area contributed by atoms with E-state index < -0.39 is 11.6 Å². The number of phenols is 1. The lowest BCUT2D eigenvalue weighted by Crippen LogP contribution is -2.45. The largest absolute Gasteiger partial charge is 0.508 e. The third kappa shape index (κ3) is 10.6. The fourth-order valence-corrected chi connectivity index (χ4v) is 5.95. The fraction of sp³-hybridized carbons (Fsp3) is 0.500. The van der Waals surface area contributed by atoms with Gasteiger partial charge in [0.2, 0.25) is 0 Å². The molecule has 0 aliphatic rings. The third-order valence-corrected chi connectivity index (χ3v) is 8.39. The predicted octanol–water partition coefficient (Wildman–Crippen LogP) is 8.76. The van der Waals surface area contributed by atoms with Gasteiger partial charge >= 0.3 is 6.09 Å². The molecule has 3 aromatic rings. The molecule has 6 nitrogen and oxygen atoms in total. The number of ether oxygens (including phenoxy) is 1. The number of hydrogen-bond acceptors (Lipinski definition) is 4. The van der Waals surface area contributed by atoms with Crippen molar-refractivity contribution in [1.29, 1.82) is 0 Å². The Morgan fingerprint density at radius 1 is 0.818 bits per heavy atom. The topological polar surface area (TPSA) is 73.2 Å². The van der Waals surface area contributed by atoms with Crippen molar-refractivity contribution in [3.63, 3.8) is 0 Å². The molecule has 1 amide bonds. The first-order chi connectivity index (χ1) is 20.9. The Morgan fingerprint density at radius 2 is 1.45 bits per heavy atom. The zero-order chi connectivity index (χ0) is 32.3. The predicted molar refractivity (Wildman–Crippen MR) is 181 cm³/mol. The highest BCUT2D eigenvalue weighted by atomic mass is 16.5. The van der Waals surface area contributed by atoms with Gasteiger partial charge in [-0.25, -0.2) is 4.79 Å². The zero-order valence-electron chi connectivity index (χ0n) is 27.9. The average Bonchev–Trinajstić information content (AvgIpc) is 2.96. The monoisotopic (exact) mass is 602 g/mol. The highest BCUT2D eigenvalue weighted by Crippen LogP contribution is 2.35. The van der Waals surface area contributed by atoms with Crippen LogP contribution in [0.4, 0.5) is 4.79 Å². The summed E-state index contributed by atoms with van der Waals surface area (Å²) in [6.07, 6.45) is 3.56. The molecule has 0 radical (unpaired) electrons. The first-order valence-corrected chi connectivity index (χ1v) is 16.2. The Morgan fingerprint density at radius 3 is 2.05 bits per heavy atom. The molecule has 0 spiro atoms. The van der Waals surface area contributed by atoms with E-state index in [1.165, 1.54) is 16.0 Å². The normalized spacial score (nSPS) is 12.6. The van der Waals surface area contributed by atoms with Crippen LogP contribution in [0, 0.1) is 0 Å². The van der Waals surface area contributed by atoms with Gasteiger partial charge in [0.05, 0.1) is 6.61 Å². The molecule has 0 saturated carbocycles. The van der Waals surface area contributed by atoms with Crippen molar-refractivity contribution < 1.29 is 19.7 Å². The number of benzene rings is 3. The summed E-state index contributed by atoms with van der Waals surface area (Å²) in [4.78, 5) is 15.6. The molecule has 0 saturated heterocycles. The Balaban J connectivity index is 1.55. The van der Waals surface area contributed by atoms with E-state index in [9.17, 15) is 15.0 Å². The molecule has 0 heterocycles. The van der Waals surface area contributed by atoms with Gasteiger partial charge < -0.3 is 19.8 Å². The van der Waals surface area contributed by atoms with E-state index in [0.29, 0.717) is 37.4 Å². The van der Waals surface area contributed by atoms with Gasteiger partial charge in [0.15, 0.2) is 0 Å². The molecule has 0 bridgehead atoms. The van der Waals surface area contributed by atoms with E-state index in [0.717, 1.165) is 49.1 Å². The van der Waals surface area contributed by atoms with Crippen LogP contribution in [0.3, 0.4) is 0 Å². The van der Waals surface area contributed by atoms with Gasteiger partial charge in [-0.15, -0.1) is 0 Å². The lowest BCUT2D eigenvalue weighted by Gasteiger charge is -2.33. The molecule has 1 unspecified atom stereocenters. The minimum Gasteiger partial charge on any atom is -0.508 e. The van der Waals surface area contributed by atoms with Crippen molar-refractivity contribution in [2.45, 2.75) is 104 Å². The number of carbonyl (C=O) groups is 1. The maximum absolute atomic E-state index is 11.6. The molecule has 240 valence electrons. The van der Waals surface area contributed by atoms with E-state index in [1.807, 2.05) is 63.2 Å². The molecule has 1 atom stereocenters. The summed E-state index contributed by atoms with van der Waals surface area (Å²) < 4.78 is 6.00. The number of aromatic hydroxyl groups is 1. The van der Waals surface area contributed by atoms with Crippen molar-refractivity contribution >= 4 is 6.09 Å². The van der Waals surface area contributed by atoms with Gasteiger partial charge in [0.25, 0.3) is 0 Å². The number of aryl methyl sites for hydroxylation is 1. The van der Waals surface area contributed by atoms with Crippen LogP contribution in [-0.2, 0) is 12.8 Å². The van der Waals surface area contributed by atoms with E-state index in [1.54, 1.807) is 0 Å². The van der Waals surface area contributed by atoms with Gasteiger partial charge in [-0.1, -0.05) is 54.6 Å². The number of amides is 1. The minimum atomic E-state index is -0.892. The van der Waals surface area contributed by atoms with Crippen LogP contribution in [0.5, 0.6) is 11.5 Å². The van der Waals surface area contributed by atoms with Gasteiger partial charge in [-0.3, -0.25) is 4.90 Å². The number of hydrogen-bond donors (Lipinski definition) is 2.